The van der Waals surface area contributed by atoms with Crippen molar-refractivity contribution in [1.82, 2.24) is 0 Å². The van der Waals surface area contributed by atoms with Crippen molar-refractivity contribution in [1.29, 1.82) is 0 Å². The van der Waals surface area contributed by atoms with Gasteiger partial charge in [-0.3, -0.25) is 0 Å². The summed E-state index contributed by atoms with van der Waals surface area (Å²) in [5.74, 6) is 0. The Balaban J connectivity index is 0.000000230. The third kappa shape index (κ3) is 6.08. The molecule has 0 fully saturated rings. The van der Waals surface area contributed by atoms with Crippen LogP contribution in [-0.4, -0.2) is 19.0 Å². The SMILES string of the molecule is C[O-].C[O-].[CH2]=[Ti+2].c1ccc2[cH-]ccc2c1.c1ccc2c(c1)[cH-]c1ccccc12. The summed E-state index contributed by atoms with van der Waals surface area (Å²) in [5, 5.41) is 24.6. The zero-order valence-corrected chi connectivity index (χ0v) is 17.8. The third-order valence-corrected chi connectivity index (χ3v) is 4.07. The van der Waals surface area contributed by atoms with Gasteiger partial charge in [-0.15, -0.1) is 69.4 Å². The molecule has 0 aromatic heterocycles. The average Bonchev–Trinajstić information content (AvgIpc) is 3.43. The molecule has 0 bridgehead atoms. The van der Waals surface area contributed by atoms with Crippen LogP contribution in [0.1, 0.15) is 0 Å². The van der Waals surface area contributed by atoms with E-state index >= 15 is 0 Å². The van der Waals surface area contributed by atoms with Crippen LogP contribution in [0, 0.1) is 0 Å². The molecule has 5 aromatic rings. The summed E-state index contributed by atoms with van der Waals surface area (Å²) < 4.78 is 0. The maximum atomic E-state index is 8.25. The molecule has 0 amide bonds. The topological polar surface area (TPSA) is 46.1 Å². The van der Waals surface area contributed by atoms with Crippen LogP contribution in [0.3, 0.4) is 0 Å². The zero-order valence-electron chi connectivity index (χ0n) is 16.3. The fourth-order valence-corrected chi connectivity index (χ4v) is 2.97. The summed E-state index contributed by atoms with van der Waals surface area (Å²) in [4.78, 5) is 3.25. The number of rotatable bonds is 0. The van der Waals surface area contributed by atoms with Crippen molar-refractivity contribution in [2.24, 2.45) is 0 Å². The Morgan fingerprint density at radius 1 is 0.607 bits per heavy atom. The van der Waals surface area contributed by atoms with Gasteiger partial charge in [0.1, 0.15) is 0 Å². The first-order valence-corrected chi connectivity index (χ1v) is 9.83. The monoisotopic (exact) mass is 404 g/mol. The predicted octanol–water partition coefficient (Wildman–Crippen LogP) is 4.19. The summed E-state index contributed by atoms with van der Waals surface area (Å²) in [6.45, 7) is 0. The van der Waals surface area contributed by atoms with Crippen molar-refractivity contribution in [3.05, 3.63) is 97.1 Å². The molecule has 0 heterocycles. The minimum absolute atomic E-state index is 0.750. The van der Waals surface area contributed by atoms with E-state index in [4.69, 9.17) is 10.2 Å². The first kappa shape index (κ1) is 23.7. The third-order valence-electron chi connectivity index (χ3n) is 4.07. The number of hydrogen-bond acceptors (Lipinski definition) is 2. The largest absolute Gasteiger partial charge is 0.168 e. The molecule has 5 aromatic carbocycles. The Kier molecular flexibility index (Phi) is 11.6. The van der Waals surface area contributed by atoms with Gasteiger partial charge in [-0.1, -0.05) is 42.5 Å². The maximum absolute atomic E-state index is 8.25. The molecule has 0 saturated heterocycles. The summed E-state index contributed by atoms with van der Waals surface area (Å²) >= 11 is 1.75. The zero-order chi connectivity index (χ0) is 20.8. The normalized spacial score (nSPS) is 9.07. The van der Waals surface area contributed by atoms with E-state index in [0.29, 0.717) is 0 Å². The van der Waals surface area contributed by atoms with Crippen LogP contribution in [0.15, 0.2) is 97.1 Å². The molecule has 0 aliphatic heterocycles. The van der Waals surface area contributed by atoms with E-state index in [-0.39, 0.29) is 0 Å². The predicted molar refractivity (Wildman–Crippen MR) is 116 cm³/mol. The van der Waals surface area contributed by atoms with Gasteiger partial charge in [-0.05, 0) is 0 Å². The molecule has 28 heavy (non-hydrogen) atoms. The second-order valence-electron chi connectivity index (χ2n) is 5.47. The van der Waals surface area contributed by atoms with E-state index in [2.05, 4.69) is 102 Å². The van der Waals surface area contributed by atoms with Crippen molar-refractivity contribution < 1.29 is 30.2 Å². The summed E-state index contributed by atoms with van der Waals surface area (Å²) in [6.07, 6.45) is 0. The molecular weight excluding hydrogens is 380 g/mol. The Labute approximate surface area is 178 Å². The molecule has 0 N–H and O–H groups in total. The van der Waals surface area contributed by atoms with Gasteiger partial charge in [0.25, 0.3) is 0 Å². The van der Waals surface area contributed by atoms with Gasteiger partial charge in [0.15, 0.2) is 0 Å². The maximum Gasteiger partial charge on any atom is -0.0771 e. The molecular formula is C25H24O2Ti-2. The van der Waals surface area contributed by atoms with Crippen LogP contribution in [-0.2, 0) is 20.0 Å². The number of benzene rings is 3. The van der Waals surface area contributed by atoms with Gasteiger partial charge >= 0.3 is 24.8 Å². The van der Waals surface area contributed by atoms with Crippen LogP contribution in [0.4, 0.5) is 0 Å². The van der Waals surface area contributed by atoms with E-state index in [1.165, 1.54) is 32.3 Å². The fourth-order valence-electron chi connectivity index (χ4n) is 2.97. The molecule has 0 aliphatic rings. The Morgan fingerprint density at radius 3 is 1.54 bits per heavy atom. The van der Waals surface area contributed by atoms with Crippen molar-refractivity contribution >= 4 is 37.1 Å². The van der Waals surface area contributed by atoms with E-state index < -0.39 is 0 Å². The molecule has 3 heteroatoms. The average molecular weight is 404 g/mol. The minimum Gasteiger partial charge on any atom is -0.168 e. The van der Waals surface area contributed by atoms with E-state index in [1.807, 2.05) is 0 Å². The van der Waals surface area contributed by atoms with Gasteiger partial charge in [-0.25, -0.2) is 0 Å². The van der Waals surface area contributed by atoms with Gasteiger partial charge in [0.2, 0.25) is 0 Å². The first-order chi connectivity index (χ1) is 13.9. The second kappa shape index (κ2) is 13.8. The Bertz CT molecular complexity index is 979. The molecule has 0 atom stereocenters. The Hall–Kier alpha value is -2.36. The van der Waals surface area contributed by atoms with Crippen LogP contribution >= 0.6 is 0 Å². The number of fused-ring (bicyclic) bond motifs is 4. The summed E-state index contributed by atoms with van der Waals surface area (Å²) in [6, 6.07) is 33.9. The van der Waals surface area contributed by atoms with Gasteiger partial charge in [0.05, 0.1) is 0 Å². The minimum atomic E-state index is 0.750. The molecule has 0 radical (unpaired) electrons. The second-order valence-corrected chi connectivity index (χ2v) is 5.47. The standard InChI is InChI=1S/C13H9.C9H7.2CH3O.CH2.Ti/c1-3-7-12-10(5-1)9-11-6-2-4-8-13(11)12;1-2-5-9-7-3-6-8(9)4-1;2*1-2;;/h1-9H;1-7H;2*1H3;1H2;/q4*-1;;+2. The van der Waals surface area contributed by atoms with Crippen molar-refractivity contribution in [2.75, 3.05) is 14.2 Å². The molecule has 5 rings (SSSR count). The molecule has 0 saturated carbocycles. The van der Waals surface area contributed by atoms with Crippen molar-refractivity contribution in [2.45, 2.75) is 0 Å². The van der Waals surface area contributed by atoms with Crippen molar-refractivity contribution in [3.8, 4) is 0 Å². The van der Waals surface area contributed by atoms with Crippen LogP contribution in [0.2, 0.25) is 0 Å². The summed E-state index contributed by atoms with van der Waals surface area (Å²) in [7, 11) is 1.50. The molecule has 0 unspecified atom stereocenters. The quantitative estimate of drug-likeness (QED) is 0.287. The van der Waals surface area contributed by atoms with Crippen LogP contribution in [0.25, 0.3) is 32.3 Å². The molecule has 0 aliphatic carbocycles. The van der Waals surface area contributed by atoms with E-state index in [0.717, 1.165) is 14.2 Å². The smallest absolute Gasteiger partial charge is 0.0771 e. The van der Waals surface area contributed by atoms with Crippen LogP contribution in [0.5, 0.6) is 0 Å². The van der Waals surface area contributed by atoms with Crippen molar-refractivity contribution in [3.63, 3.8) is 0 Å². The fraction of sp³-hybridized carbons (Fsp3) is 0.0800. The molecule has 142 valence electrons. The summed E-state index contributed by atoms with van der Waals surface area (Å²) in [5.41, 5.74) is 0. The van der Waals surface area contributed by atoms with E-state index in [9.17, 15) is 0 Å². The van der Waals surface area contributed by atoms with E-state index in [1.54, 1.807) is 20.0 Å². The first-order valence-electron chi connectivity index (χ1n) is 8.72. The van der Waals surface area contributed by atoms with Gasteiger partial charge in [0, 0.05) is 0 Å². The Morgan fingerprint density at radius 2 is 1.04 bits per heavy atom. The number of hydrogen-bond donors (Lipinski definition) is 0. The van der Waals surface area contributed by atoms with Gasteiger partial charge in [-0.2, -0.15) is 31.7 Å². The van der Waals surface area contributed by atoms with Gasteiger partial charge < -0.3 is 10.2 Å². The van der Waals surface area contributed by atoms with Crippen LogP contribution < -0.4 is 10.2 Å². The molecule has 2 nitrogen and oxygen atoms in total. The molecule has 0 spiro atoms.